The van der Waals surface area contributed by atoms with Gasteiger partial charge in [0.2, 0.25) is 0 Å². The van der Waals surface area contributed by atoms with Crippen LogP contribution in [0.2, 0.25) is 0 Å². The molecule has 0 atom stereocenters. The first-order valence-corrected chi connectivity index (χ1v) is 9.24. The van der Waals surface area contributed by atoms with E-state index in [2.05, 4.69) is 5.10 Å². The molecule has 0 bridgehead atoms. The van der Waals surface area contributed by atoms with Gasteiger partial charge >= 0.3 is 0 Å². The van der Waals surface area contributed by atoms with Crippen molar-refractivity contribution in [2.24, 2.45) is 0 Å². The lowest BCUT2D eigenvalue weighted by Crippen LogP contribution is -2.39. The van der Waals surface area contributed by atoms with Crippen LogP contribution in [0.3, 0.4) is 0 Å². The van der Waals surface area contributed by atoms with Crippen molar-refractivity contribution < 1.29 is 19.2 Å². The van der Waals surface area contributed by atoms with Crippen LogP contribution in [-0.2, 0) is 6.42 Å². The van der Waals surface area contributed by atoms with E-state index in [0.717, 1.165) is 0 Å². The number of nitro groups is 1. The second kappa shape index (κ2) is 7.43. The zero-order chi connectivity index (χ0) is 21.4. The van der Waals surface area contributed by atoms with E-state index in [0.29, 0.717) is 41.3 Å². The number of hydrogen-bond acceptors (Lipinski definition) is 6. The number of Topliss-reactive ketones (excluding diaryl/α,β-unsaturated/α-hetero) is 1. The van der Waals surface area contributed by atoms with Crippen LogP contribution in [0.4, 0.5) is 11.4 Å². The van der Waals surface area contributed by atoms with Crippen molar-refractivity contribution in [2.75, 3.05) is 18.6 Å². The predicted octanol–water partition coefficient (Wildman–Crippen LogP) is 3.19. The molecule has 152 valence electrons. The lowest BCUT2D eigenvalue weighted by molar-refractivity contribution is -0.384. The van der Waals surface area contributed by atoms with E-state index < -0.39 is 4.92 Å². The van der Waals surface area contributed by atoms with Gasteiger partial charge < -0.3 is 9.64 Å². The Morgan fingerprint density at radius 1 is 1.10 bits per heavy atom. The highest BCUT2D eigenvalue weighted by Crippen LogP contribution is 2.30. The number of nitro benzene ring substituents is 1. The summed E-state index contributed by atoms with van der Waals surface area (Å²) >= 11 is 0. The zero-order valence-electron chi connectivity index (χ0n) is 16.4. The monoisotopic (exact) mass is 406 g/mol. The van der Waals surface area contributed by atoms with Crippen LogP contribution in [0.15, 0.2) is 48.5 Å². The summed E-state index contributed by atoms with van der Waals surface area (Å²) in [6.45, 7) is 1.77. The Balaban J connectivity index is 1.79. The maximum absolute atomic E-state index is 13.4. The number of ether oxygens (including phenoxy) is 1. The molecule has 30 heavy (non-hydrogen) atoms. The molecule has 0 spiro atoms. The van der Waals surface area contributed by atoms with Gasteiger partial charge in [0.1, 0.15) is 17.1 Å². The molecular formula is C21H18N4O5. The van der Waals surface area contributed by atoms with Crippen LogP contribution in [0.25, 0.3) is 5.69 Å². The average molecular weight is 406 g/mol. The number of nitrogens with zero attached hydrogens (tertiary/aromatic N) is 4. The lowest BCUT2D eigenvalue weighted by atomic mass is 10.0. The molecule has 0 fully saturated rings. The number of hydrogen-bond donors (Lipinski definition) is 0. The van der Waals surface area contributed by atoms with E-state index >= 15 is 0 Å². The van der Waals surface area contributed by atoms with Gasteiger partial charge in [0, 0.05) is 36.9 Å². The molecule has 0 saturated carbocycles. The molecule has 0 aliphatic carbocycles. The highest BCUT2D eigenvalue weighted by Gasteiger charge is 2.34. The number of benzene rings is 2. The number of carbonyl (C=O) groups is 2. The number of amides is 1. The van der Waals surface area contributed by atoms with Crippen molar-refractivity contribution in [3.63, 3.8) is 0 Å². The number of ketones is 1. The van der Waals surface area contributed by atoms with Crippen LogP contribution < -0.4 is 9.64 Å². The van der Waals surface area contributed by atoms with E-state index in [1.54, 1.807) is 43.5 Å². The van der Waals surface area contributed by atoms with E-state index in [1.807, 2.05) is 0 Å². The summed E-state index contributed by atoms with van der Waals surface area (Å²) in [4.78, 5) is 37.5. The highest BCUT2D eigenvalue weighted by molar-refractivity contribution is 6.09. The summed E-state index contributed by atoms with van der Waals surface area (Å²) in [6, 6.07) is 12.8. The van der Waals surface area contributed by atoms with Crippen molar-refractivity contribution in [1.82, 2.24) is 9.78 Å². The summed E-state index contributed by atoms with van der Waals surface area (Å²) in [7, 11) is 1.56. The molecule has 1 aliphatic rings. The van der Waals surface area contributed by atoms with Crippen LogP contribution in [0.5, 0.6) is 5.75 Å². The third-order valence-electron chi connectivity index (χ3n) is 5.04. The SMILES string of the molecule is COc1ccc(-n2nc(C(C)=O)c3c2C(=O)N(c2ccc([N+](=O)[O-])cc2)CC3)cc1. The minimum absolute atomic E-state index is 0.0500. The van der Waals surface area contributed by atoms with Crippen LogP contribution in [0.1, 0.15) is 33.5 Å². The Labute approximate surface area is 171 Å². The van der Waals surface area contributed by atoms with Crippen LogP contribution >= 0.6 is 0 Å². The normalized spacial score (nSPS) is 13.1. The van der Waals surface area contributed by atoms with Gasteiger partial charge in [-0.3, -0.25) is 19.7 Å². The first-order valence-electron chi connectivity index (χ1n) is 9.24. The van der Waals surface area contributed by atoms with E-state index in [4.69, 9.17) is 4.74 Å². The minimum atomic E-state index is -0.488. The Bertz CT molecular complexity index is 1150. The Morgan fingerprint density at radius 2 is 1.73 bits per heavy atom. The predicted molar refractivity (Wildman–Crippen MR) is 109 cm³/mol. The summed E-state index contributed by atoms with van der Waals surface area (Å²) in [5.74, 6) is 0.126. The molecule has 1 amide bonds. The summed E-state index contributed by atoms with van der Waals surface area (Å²) in [5.41, 5.74) is 2.32. The molecule has 0 saturated heterocycles. The van der Waals surface area contributed by atoms with E-state index in [1.165, 1.54) is 28.6 Å². The first-order chi connectivity index (χ1) is 14.4. The minimum Gasteiger partial charge on any atom is -0.497 e. The molecule has 0 radical (unpaired) electrons. The van der Waals surface area contributed by atoms with Crippen molar-refractivity contribution in [1.29, 1.82) is 0 Å². The van der Waals surface area contributed by atoms with E-state index in [-0.39, 0.29) is 23.1 Å². The highest BCUT2D eigenvalue weighted by atomic mass is 16.6. The first kappa shape index (κ1) is 19.3. The molecule has 3 aromatic rings. The fourth-order valence-corrected chi connectivity index (χ4v) is 3.55. The summed E-state index contributed by atoms with van der Waals surface area (Å²) < 4.78 is 6.65. The van der Waals surface area contributed by atoms with Crippen LogP contribution in [-0.4, -0.2) is 40.0 Å². The Kier molecular flexibility index (Phi) is 4.78. The molecule has 2 heterocycles. The number of fused-ring (bicyclic) bond motifs is 1. The quantitative estimate of drug-likeness (QED) is 0.366. The molecule has 0 unspecified atom stereocenters. The summed E-state index contributed by atoms with van der Waals surface area (Å²) in [6.07, 6.45) is 0.448. The number of rotatable bonds is 5. The van der Waals surface area contributed by atoms with Gasteiger partial charge in [-0.25, -0.2) is 4.68 Å². The Morgan fingerprint density at radius 3 is 2.30 bits per heavy atom. The molecular weight excluding hydrogens is 388 g/mol. The van der Waals surface area contributed by atoms with Gasteiger partial charge in [0.15, 0.2) is 5.78 Å². The van der Waals surface area contributed by atoms with Gasteiger partial charge in [-0.05, 0) is 42.8 Å². The van der Waals surface area contributed by atoms with Crippen LogP contribution in [0, 0.1) is 10.1 Å². The third-order valence-corrected chi connectivity index (χ3v) is 5.04. The standard InChI is InChI=1S/C21H18N4O5/c1-13(26)19-18-11-12-23(14-3-5-16(6-4-14)25(28)29)21(27)20(18)24(22-19)15-7-9-17(30-2)10-8-15/h3-10H,11-12H2,1-2H3. The second-order valence-corrected chi connectivity index (χ2v) is 6.82. The average Bonchev–Trinajstić information content (AvgIpc) is 3.15. The second-order valence-electron chi connectivity index (χ2n) is 6.82. The zero-order valence-corrected chi connectivity index (χ0v) is 16.4. The number of aromatic nitrogens is 2. The van der Waals surface area contributed by atoms with Gasteiger partial charge in [-0.2, -0.15) is 5.10 Å². The molecule has 2 aromatic carbocycles. The van der Waals surface area contributed by atoms with Gasteiger partial charge in [0.25, 0.3) is 11.6 Å². The molecule has 1 aromatic heterocycles. The fraction of sp³-hybridized carbons (Fsp3) is 0.190. The smallest absolute Gasteiger partial charge is 0.277 e. The lowest BCUT2D eigenvalue weighted by Gasteiger charge is -2.27. The fourth-order valence-electron chi connectivity index (χ4n) is 3.55. The van der Waals surface area contributed by atoms with Crippen molar-refractivity contribution in [3.8, 4) is 11.4 Å². The number of anilines is 1. The van der Waals surface area contributed by atoms with Crippen molar-refractivity contribution in [2.45, 2.75) is 13.3 Å². The van der Waals surface area contributed by atoms with Crippen molar-refractivity contribution in [3.05, 3.63) is 75.6 Å². The van der Waals surface area contributed by atoms with Gasteiger partial charge in [0.05, 0.1) is 17.7 Å². The topological polar surface area (TPSA) is 108 Å². The maximum Gasteiger partial charge on any atom is 0.277 e. The van der Waals surface area contributed by atoms with Gasteiger partial charge in [-0.1, -0.05) is 0 Å². The molecule has 4 rings (SSSR count). The number of methoxy groups -OCH3 is 1. The number of non-ortho nitro benzene ring substituents is 1. The molecule has 9 nitrogen and oxygen atoms in total. The van der Waals surface area contributed by atoms with Crippen molar-refractivity contribution >= 4 is 23.1 Å². The van der Waals surface area contributed by atoms with E-state index in [9.17, 15) is 19.7 Å². The molecule has 9 heteroatoms. The largest absolute Gasteiger partial charge is 0.497 e. The number of carbonyl (C=O) groups excluding carboxylic acids is 2. The maximum atomic E-state index is 13.4. The third kappa shape index (κ3) is 3.20. The summed E-state index contributed by atoms with van der Waals surface area (Å²) in [5, 5.41) is 15.3. The Hall–Kier alpha value is -4.01. The molecule has 1 aliphatic heterocycles. The van der Waals surface area contributed by atoms with Gasteiger partial charge in [-0.15, -0.1) is 0 Å². The molecule has 0 N–H and O–H groups in total.